The molecule has 0 radical (unpaired) electrons. The SMILES string of the molecule is CC(Sc1nc2c(cc1C#N)CC(C(C)(C)C)CC2)C(=O)O. The van der Waals surface area contributed by atoms with Crippen LogP contribution in [0.5, 0.6) is 0 Å². The molecule has 0 fully saturated rings. The van der Waals surface area contributed by atoms with Crippen molar-refractivity contribution < 1.29 is 9.90 Å². The van der Waals surface area contributed by atoms with Gasteiger partial charge in [0.1, 0.15) is 16.3 Å². The number of nitriles is 1. The first-order chi connectivity index (χ1) is 10.2. The number of hydrogen-bond acceptors (Lipinski definition) is 4. The molecule has 4 nitrogen and oxygen atoms in total. The van der Waals surface area contributed by atoms with Gasteiger partial charge in [-0.05, 0) is 49.1 Å². The van der Waals surface area contributed by atoms with Crippen LogP contribution in [-0.2, 0) is 17.6 Å². The normalized spacial score (nSPS) is 19.1. The van der Waals surface area contributed by atoms with E-state index in [-0.39, 0.29) is 5.41 Å². The third-order valence-corrected chi connectivity index (χ3v) is 5.42. The first-order valence-corrected chi connectivity index (χ1v) is 8.42. The van der Waals surface area contributed by atoms with Gasteiger partial charge in [-0.3, -0.25) is 4.79 Å². The lowest BCUT2D eigenvalue weighted by Gasteiger charge is -2.34. The molecule has 1 aromatic heterocycles. The van der Waals surface area contributed by atoms with Gasteiger partial charge in [-0.25, -0.2) is 4.98 Å². The smallest absolute Gasteiger partial charge is 0.316 e. The molecule has 0 saturated heterocycles. The number of aliphatic carboxylic acids is 1. The summed E-state index contributed by atoms with van der Waals surface area (Å²) in [5, 5.41) is 18.3. The lowest BCUT2D eigenvalue weighted by Crippen LogP contribution is -2.27. The number of aryl methyl sites for hydroxylation is 1. The van der Waals surface area contributed by atoms with E-state index in [1.54, 1.807) is 6.92 Å². The number of carbonyl (C=O) groups is 1. The van der Waals surface area contributed by atoms with Crippen LogP contribution in [-0.4, -0.2) is 21.3 Å². The largest absolute Gasteiger partial charge is 0.480 e. The van der Waals surface area contributed by atoms with E-state index in [9.17, 15) is 10.1 Å². The zero-order valence-corrected chi connectivity index (χ0v) is 14.3. The van der Waals surface area contributed by atoms with Gasteiger partial charge in [0, 0.05) is 5.69 Å². The van der Waals surface area contributed by atoms with Crippen molar-refractivity contribution in [3.63, 3.8) is 0 Å². The van der Waals surface area contributed by atoms with E-state index < -0.39 is 11.2 Å². The van der Waals surface area contributed by atoms with Crippen LogP contribution in [0.3, 0.4) is 0 Å². The second-order valence-corrected chi connectivity index (χ2v) is 8.29. The number of rotatable bonds is 3. The van der Waals surface area contributed by atoms with E-state index in [0.29, 0.717) is 16.5 Å². The Hall–Kier alpha value is -1.54. The number of pyridine rings is 1. The molecule has 1 heterocycles. The average Bonchev–Trinajstić information content (AvgIpc) is 2.44. The van der Waals surface area contributed by atoms with E-state index in [1.165, 1.54) is 0 Å². The summed E-state index contributed by atoms with van der Waals surface area (Å²) in [6.45, 7) is 8.37. The minimum absolute atomic E-state index is 0.246. The van der Waals surface area contributed by atoms with Crippen molar-refractivity contribution in [2.75, 3.05) is 0 Å². The molecule has 0 spiro atoms. The van der Waals surface area contributed by atoms with E-state index in [0.717, 1.165) is 42.3 Å². The van der Waals surface area contributed by atoms with Crippen LogP contribution >= 0.6 is 11.8 Å². The fraction of sp³-hybridized carbons (Fsp3) is 0.588. The van der Waals surface area contributed by atoms with Crippen molar-refractivity contribution in [2.45, 2.75) is 57.2 Å². The van der Waals surface area contributed by atoms with Crippen molar-refractivity contribution in [1.29, 1.82) is 5.26 Å². The predicted octanol–water partition coefficient (Wildman–Crippen LogP) is 3.67. The Bertz CT molecular complexity index is 629. The molecular formula is C17H22N2O2S. The van der Waals surface area contributed by atoms with E-state index in [2.05, 4.69) is 31.8 Å². The van der Waals surface area contributed by atoms with Crippen molar-refractivity contribution in [3.8, 4) is 6.07 Å². The van der Waals surface area contributed by atoms with Crippen molar-refractivity contribution in [1.82, 2.24) is 4.98 Å². The van der Waals surface area contributed by atoms with Gasteiger partial charge in [0.05, 0.1) is 5.56 Å². The van der Waals surface area contributed by atoms with Gasteiger partial charge in [0.15, 0.2) is 0 Å². The highest BCUT2D eigenvalue weighted by Gasteiger charge is 2.30. The Balaban J connectivity index is 2.32. The monoisotopic (exact) mass is 318 g/mol. The Kier molecular flexibility index (Phi) is 4.81. The van der Waals surface area contributed by atoms with Crippen LogP contribution in [0.2, 0.25) is 0 Å². The number of hydrogen-bond donors (Lipinski definition) is 1. The number of aromatic nitrogens is 1. The molecule has 0 amide bonds. The fourth-order valence-electron chi connectivity index (χ4n) is 2.77. The maximum Gasteiger partial charge on any atom is 0.316 e. The molecule has 22 heavy (non-hydrogen) atoms. The van der Waals surface area contributed by atoms with E-state index >= 15 is 0 Å². The van der Waals surface area contributed by atoms with E-state index in [1.807, 2.05) is 6.07 Å². The highest BCUT2D eigenvalue weighted by atomic mass is 32.2. The zero-order valence-electron chi connectivity index (χ0n) is 13.5. The summed E-state index contributed by atoms with van der Waals surface area (Å²) in [4.78, 5) is 15.6. The number of carboxylic acid groups (broad SMARTS) is 1. The third-order valence-electron chi connectivity index (χ3n) is 4.33. The summed E-state index contributed by atoms with van der Waals surface area (Å²) in [5.74, 6) is -0.300. The van der Waals surface area contributed by atoms with Crippen LogP contribution in [0.1, 0.15) is 50.9 Å². The fourth-order valence-corrected chi connectivity index (χ4v) is 3.60. The molecular weight excluding hydrogens is 296 g/mol. The van der Waals surface area contributed by atoms with E-state index in [4.69, 9.17) is 5.11 Å². The lowest BCUT2D eigenvalue weighted by atomic mass is 9.71. The van der Waals surface area contributed by atoms with Gasteiger partial charge >= 0.3 is 5.97 Å². The summed E-state index contributed by atoms with van der Waals surface area (Å²) in [7, 11) is 0. The summed E-state index contributed by atoms with van der Waals surface area (Å²) in [5.41, 5.74) is 2.91. The number of carboxylic acids is 1. The van der Waals surface area contributed by atoms with Crippen LogP contribution < -0.4 is 0 Å². The molecule has 1 aromatic rings. The summed E-state index contributed by atoms with van der Waals surface area (Å²) in [6, 6.07) is 4.08. The third kappa shape index (κ3) is 3.61. The molecule has 0 saturated carbocycles. The molecule has 2 unspecified atom stereocenters. The standard InChI is InChI=1S/C17H22N2O2S/c1-10(16(20)21)22-15-12(9-18)7-11-8-13(17(2,3)4)5-6-14(11)19-15/h7,10,13H,5-6,8H2,1-4H3,(H,20,21). The molecule has 0 bridgehead atoms. The highest BCUT2D eigenvalue weighted by Crippen LogP contribution is 2.38. The van der Waals surface area contributed by atoms with Crippen LogP contribution in [0.25, 0.3) is 0 Å². The number of thioether (sulfide) groups is 1. The second-order valence-electron chi connectivity index (χ2n) is 6.96. The summed E-state index contributed by atoms with van der Waals surface area (Å²) in [6.07, 6.45) is 2.94. The molecule has 2 atom stereocenters. The Labute approximate surface area is 135 Å². The summed E-state index contributed by atoms with van der Waals surface area (Å²) < 4.78 is 0. The maximum atomic E-state index is 11.0. The van der Waals surface area contributed by atoms with Gasteiger partial charge < -0.3 is 5.11 Å². The van der Waals surface area contributed by atoms with Crippen LogP contribution in [0.15, 0.2) is 11.1 Å². The zero-order chi connectivity index (χ0) is 16.5. The molecule has 1 N–H and O–H groups in total. The minimum atomic E-state index is -0.888. The van der Waals surface area contributed by atoms with Gasteiger partial charge in [-0.2, -0.15) is 5.26 Å². The minimum Gasteiger partial charge on any atom is -0.480 e. The Morgan fingerprint density at radius 2 is 2.23 bits per heavy atom. The van der Waals surface area contributed by atoms with Gasteiger partial charge in [0.2, 0.25) is 0 Å². The second kappa shape index (κ2) is 6.29. The van der Waals surface area contributed by atoms with Gasteiger partial charge in [-0.1, -0.05) is 32.5 Å². The topological polar surface area (TPSA) is 74.0 Å². The summed E-state index contributed by atoms with van der Waals surface area (Å²) >= 11 is 1.15. The highest BCUT2D eigenvalue weighted by molar-refractivity contribution is 8.00. The Morgan fingerprint density at radius 3 is 2.77 bits per heavy atom. The quantitative estimate of drug-likeness (QED) is 0.861. The maximum absolute atomic E-state index is 11.0. The molecule has 5 heteroatoms. The van der Waals surface area contributed by atoms with Crippen LogP contribution in [0.4, 0.5) is 0 Å². The first kappa shape index (κ1) is 16.8. The predicted molar refractivity (Wildman–Crippen MR) is 86.9 cm³/mol. The van der Waals surface area contributed by atoms with Crippen LogP contribution in [0, 0.1) is 22.7 Å². The molecule has 0 aromatic carbocycles. The first-order valence-electron chi connectivity index (χ1n) is 7.54. The molecule has 0 aliphatic heterocycles. The van der Waals surface area contributed by atoms with Gasteiger partial charge in [0.25, 0.3) is 0 Å². The van der Waals surface area contributed by atoms with Gasteiger partial charge in [-0.15, -0.1) is 0 Å². The molecule has 1 aliphatic carbocycles. The number of nitrogens with zero attached hydrogens (tertiary/aromatic N) is 2. The van der Waals surface area contributed by atoms with Crippen molar-refractivity contribution in [2.24, 2.45) is 11.3 Å². The molecule has 2 rings (SSSR count). The molecule has 1 aliphatic rings. The lowest BCUT2D eigenvalue weighted by molar-refractivity contribution is -0.136. The Morgan fingerprint density at radius 1 is 1.55 bits per heavy atom. The van der Waals surface area contributed by atoms with Crippen molar-refractivity contribution >= 4 is 17.7 Å². The number of fused-ring (bicyclic) bond motifs is 1. The molecule has 118 valence electrons. The van der Waals surface area contributed by atoms with Crippen molar-refractivity contribution in [3.05, 3.63) is 22.9 Å². The average molecular weight is 318 g/mol.